The van der Waals surface area contributed by atoms with Crippen molar-refractivity contribution >= 4 is 17.4 Å². The highest BCUT2D eigenvalue weighted by Gasteiger charge is 2.42. The zero-order chi connectivity index (χ0) is 14.9. The number of hydrazone groups is 1. The van der Waals surface area contributed by atoms with Crippen molar-refractivity contribution in [2.45, 2.75) is 33.9 Å². The van der Waals surface area contributed by atoms with Crippen LogP contribution in [0.3, 0.4) is 0 Å². The van der Waals surface area contributed by atoms with Crippen LogP contribution in [0.4, 0.5) is 0 Å². The minimum atomic E-state index is -0.640. The summed E-state index contributed by atoms with van der Waals surface area (Å²) >= 11 is 0. The van der Waals surface area contributed by atoms with Gasteiger partial charge in [-0.2, -0.15) is 10.1 Å². The zero-order valence-corrected chi connectivity index (χ0v) is 12.1. The minimum absolute atomic E-state index is 0.269. The van der Waals surface area contributed by atoms with E-state index in [4.69, 9.17) is 4.74 Å². The summed E-state index contributed by atoms with van der Waals surface area (Å²) in [5, 5.41) is 5.25. The number of benzene rings is 1. The Balaban J connectivity index is 2.18. The summed E-state index contributed by atoms with van der Waals surface area (Å²) < 4.78 is 5.62. The molecule has 0 aliphatic carbocycles. The third-order valence-electron chi connectivity index (χ3n) is 2.93. The Labute approximate surface area is 118 Å². The van der Waals surface area contributed by atoms with E-state index in [0.717, 1.165) is 5.01 Å². The summed E-state index contributed by atoms with van der Waals surface area (Å²) in [5.74, 6) is -0.570. The fourth-order valence-corrected chi connectivity index (χ4v) is 1.89. The molecule has 1 aromatic carbocycles. The van der Waals surface area contributed by atoms with Crippen molar-refractivity contribution in [1.82, 2.24) is 5.01 Å². The topological polar surface area (TPSA) is 59.0 Å². The second-order valence-electron chi connectivity index (χ2n) is 5.71. The molecule has 0 saturated heterocycles. The number of para-hydroxylation sites is 1. The molecule has 1 unspecified atom stereocenters. The van der Waals surface area contributed by atoms with E-state index >= 15 is 0 Å². The molecule has 0 radical (unpaired) electrons. The Morgan fingerprint density at radius 3 is 2.25 bits per heavy atom. The molecular formula is C15H18N2O3. The van der Waals surface area contributed by atoms with Crippen LogP contribution >= 0.6 is 0 Å². The van der Waals surface area contributed by atoms with Gasteiger partial charge in [-0.05, 0) is 19.1 Å². The number of nitrogens with zero attached hydrogens (tertiary/aromatic N) is 2. The second-order valence-corrected chi connectivity index (χ2v) is 5.71. The molecule has 1 aliphatic heterocycles. The molecule has 0 bridgehead atoms. The summed E-state index contributed by atoms with van der Waals surface area (Å²) in [6.45, 7) is 7.24. The van der Waals surface area contributed by atoms with Gasteiger partial charge >= 0.3 is 5.91 Å². The third-order valence-corrected chi connectivity index (χ3v) is 2.93. The SMILES string of the molecule is CC(Oc1ccccc1)N1N=C(C(C)(C)C)C(=O)C1=O. The van der Waals surface area contributed by atoms with Gasteiger partial charge < -0.3 is 4.74 Å². The summed E-state index contributed by atoms with van der Waals surface area (Å²) in [4.78, 5) is 23.9. The lowest BCUT2D eigenvalue weighted by atomic mass is 9.88. The number of Topliss-reactive ketones (excluding diaryl/α,β-unsaturated/α-hetero) is 1. The lowest BCUT2D eigenvalue weighted by Gasteiger charge is -2.21. The van der Waals surface area contributed by atoms with E-state index < -0.39 is 23.3 Å². The molecule has 0 saturated carbocycles. The van der Waals surface area contributed by atoms with Gasteiger partial charge in [-0.1, -0.05) is 39.0 Å². The van der Waals surface area contributed by atoms with E-state index in [-0.39, 0.29) is 5.71 Å². The van der Waals surface area contributed by atoms with Crippen LogP contribution in [0.1, 0.15) is 27.7 Å². The second kappa shape index (κ2) is 5.07. The largest absolute Gasteiger partial charge is 0.469 e. The lowest BCUT2D eigenvalue weighted by molar-refractivity contribution is -0.144. The van der Waals surface area contributed by atoms with E-state index in [1.165, 1.54) is 0 Å². The maximum Gasteiger partial charge on any atom is 0.319 e. The molecule has 0 fully saturated rings. The summed E-state index contributed by atoms with van der Waals surface area (Å²) in [7, 11) is 0. The fraction of sp³-hybridized carbons (Fsp3) is 0.400. The van der Waals surface area contributed by atoms with Crippen LogP contribution in [0.5, 0.6) is 5.75 Å². The van der Waals surface area contributed by atoms with Gasteiger partial charge in [0.15, 0.2) is 6.23 Å². The molecule has 5 nitrogen and oxygen atoms in total. The molecular weight excluding hydrogens is 256 g/mol. The summed E-state index contributed by atoms with van der Waals surface area (Å²) in [6, 6.07) is 9.12. The van der Waals surface area contributed by atoms with Gasteiger partial charge in [0.05, 0.1) is 0 Å². The average molecular weight is 274 g/mol. The van der Waals surface area contributed by atoms with Crippen LogP contribution in [0.15, 0.2) is 35.4 Å². The van der Waals surface area contributed by atoms with Crippen LogP contribution in [-0.2, 0) is 9.59 Å². The number of rotatable bonds is 3. The van der Waals surface area contributed by atoms with Gasteiger partial charge in [-0.15, -0.1) is 0 Å². The van der Waals surface area contributed by atoms with Crippen molar-refractivity contribution in [3.05, 3.63) is 30.3 Å². The molecule has 1 atom stereocenters. The van der Waals surface area contributed by atoms with E-state index in [1.807, 2.05) is 39.0 Å². The number of hydrogen-bond acceptors (Lipinski definition) is 4. The highest BCUT2D eigenvalue weighted by atomic mass is 16.5. The van der Waals surface area contributed by atoms with Crippen LogP contribution in [0.2, 0.25) is 0 Å². The third kappa shape index (κ3) is 2.71. The molecule has 106 valence electrons. The number of ether oxygens (including phenoxy) is 1. The molecule has 0 aromatic heterocycles. The molecule has 1 heterocycles. The fourth-order valence-electron chi connectivity index (χ4n) is 1.89. The van der Waals surface area contributed by atoms with E-state index in [9.17, 15) is 9.59 Å². The molecule has 20 heavy (non-hydrogen) atoms. The molecule has 2 rings (SSSR count). The standard InChI is InChI=1S/C15H18N2O3/c1-10(20-11-8-6-5-7-9-11)17-14(19)12(18)13(16-17)15(2,3)4/h5-10H,1-4H3. The quantitative estimate of drug-likeness (QED) is 0.794. The van der Waals surface area contributed by atoms with Crippen LogP contribution in [0, 0.1) is 5.41 Å². The summed E-state index contributed by atoms with van der Waals surface area (Å²) in [5.41, 5.74) is -0.195. The van der Waals surface area contributed by atoms with Crippen molar-refractivity contribution in [3.63, 3.8) is 0 Å². The predicted octanol–water partition coefficient (Wildman–Crippen LogP) is 2.22. The smallest absolute Gasteiger partial charge is 0.319 e. The molecule has 0 spiro atoms. The average Bonchev–Trinajstić information content (AvgIpc) is 2.67. The van der Waals surface area contributed by atoms with E-state index in [0.29, 0.717) is 5.75 Å². The minimum Gasteiger partial charge on any atom is -0.469 e. The number of carbonyl (C=O) groups excluding carboxylic acids is 2. The van der Waals surface area contributed by atoms with Crippen molar-refractivity contribution in [3.8, 4) is 5.75 Å². The van der Waals surface area contributed by atoms with Crippen LogP contribution < -0.4 is 4.74 Å². The van der Waals surface area contributed by atoms with Gasteiger partial charge in [0.25, 0.3) is 5.78 Å². The van der Waals surface area contributed by atoms with Crippen molar-refractivity contribution < 1.29 is 14.3 Å². The monoisotopic (exact) mass is 274 g/mol. The van der Waals surface area contributed by atoms with Crippen molar-refractivity contribution in [1.29, 1.82) is 0 Å². The Kier molecular flexibility index (Phi) is 3.61. The van der Waals surface area contributed by atoms with E-state index in [2.05, 4.69) is 5.10 Å². The van der Waals surface area contributed by atoms with Gasteiger partial charge in [-0.3, -0.25) is 9.59 Å². The Morgan fingerprint density at radius 1 is 1.15 bits per heavy atom. The first-order valence-electron chi connectivity index (χ1n) is 6.49. The number of amides is 1. The zero-order valence-electron chi connectivity index (χ0n) is 12.1. The van der Waals surface area contributed by atoms with Gasteiger partial charge in [0.1, 0.15) is 11.5 Å². The highest BCUT2D eigenvalue weighted by molar-refractivity contribution is 6.67. The summed E-state index contributed by atoms with van der Waals surface area (Å²) in [6.07, 6.45) is -0.631. The molecule has 1 aliphatic rings. The maximum atomic E-state index is 12.0. The highest BCUT2D eigenvalue weighted by Crippen LogP contribution is 2.24. The Bertz CT molecular complexity index is 558. The number of ketones is 1. The maximum absolute atomic E-state index is 12.0. The first-order valence-corrected chi connectivity index (χ1v) is 6.49. The Morgan fingerprint density at radius 2 is 1.75 bits per heavy atom. The predicted molar refractivity (Wildman–Crippen MR) is 75.3 cm³/mol. The van der Waals surface area contributed by atoms with Crippen LogP contribution in [-0.4, -0.2) is 28.6 Å². The number of hydrogen-bond donors (Lipinski definition) is 0. The first kappa shape index (κ1) is 14.2. The first-order chi connectivity index (χ1) is 9.30. The van der Waals surface area contributed by atoms with Gasteiger partial charge in [-0.25, -0.2) is 0 Å². The lowest BCUT2D eigenvalue weighted by Crippen LogP contribution is -2.38. The van der Waals surface area contributed by atoms with Crippen molar-refractivity contribution in [2.75, 3.05) is 0 Å². The van der Waals surface area contributed by atoms with Gasteiger partial charge in [0.2, 0.25) is 0 Å². The number of carbonyl (C=O) groups is 2. The van der Waals surface area contributed by atoms with E-state index in [1.54, 1.807) is 19.1 Å². The molecule has 1 amide bonds. The van der Waals surface area contributed by atoms with Crippen molar-refractivity contribution in [2.24, 2.45) is 10.5 Å². The Hall–Kier alpha value is -2.17. The molecule has 5 heteroatoms. The van der Waals surface area contributed by atoms with Gasteiger partial charge in [0, 0.05) is 5.41 Å². The van der Waals surface area contributed by atoms with Crippen LogP contribution in [0.25, 0.3) is 0 Å². The molecule has 0 N–H and O–H groups in total. The normalized spacial score (nSPS) is 17.2. The molecule has 1 aromatic rings.